The Bertz CT molecular complexity index is 587. The summed E-state index contributed by atoms with van der Waals surface area (Å²) in [4.78, 5) is 15.0. The van der Waals surface area contributed by atoms with Gasteiger partial charge in [-0.1, -0.05) is 0 Å². The largest absolute Gasteiger partial charge is 0.337 e. The fraction of sp³-hybridized carbons (Fsp3) is 0.778. The molecule has 1 aromatic rings. The van der Waals surface area contributed by atoms with Gasteiger partial charge in [0.05, 0.1) is 0 Å². The first kappa shape index (κ1) is 13.1. The standard InChI is InChI=1S/C18H25N3O/c22-18(21-4-2-1-3-5-21)17-15-13-7-11-6-12(8-13)10-14(9-11)16(15)19-20-17/h11-14H,1-10H2,(H,19,20). The predicted molar refractivity (Wildman–Crippen MR) is 83.9 cm³/mol. The SMILES string of the molecule is O=C(c1n[nH]c2c1C1CC3CC(CC2C3)C1)N1CCCCC1. The first-order chi connectivity index (χ1) is 10.8. The van der Waals surface area contributed by atoms with E-state index in [2.05, 4.69) is 10.2 Å². The summed E-state index contributed by atoms with van der Waals surface area (Å²) in [5.74, 6) is 3.20. The molecule has 4 nitrogen and oxygen atoms in total. The first-order valence-electron chi connectivity index (χ1n) is 9.17. The second-order valence-electron chi connectivity index (χ2n) is 8.06. The quantitative estimate of drug-likeness (QED) is 0.863. The minimum atomic E-state index is 0.193. The molecule has 0 spiro atoms. The number of hydrogen-bond donors (Lipinski definition) is 1. The number of carbonyl (C=O) groups excluding carboxylic acids is 1. The lowest BCUT2D eigenvalue weighted by atomic mass is 9.67. The molecular weight excluding hydrogens is 274 g/mol. The summed E-state index contributed by atoms with van der Waals surface area (Å²) in [6, 6.07) is 0. The van der Waals surface area contributed by atoms with Gasteiger partial charge < -0.3 is 4.90 Å². The van der Waals surface area contributed by atoms with Crippen LogP contribution >= 0.6 is 0 Å². The molecule has 1 saturated heterocycles. The highest BCUT2D eigenvalue weighted by atomic mass is 16.2. The summed E-state index contributed by atoms with van der Waals surface area (Å²) in [7, 11) is 0. The Kier molecular flexibility index (Phi) is 2.89. The number of amides is 1. The molecule has 118 valence electrons. The summed E-state index contributed by atoms with van der Waals surface area (Å²) in [6.45, 7) is 1.83. The van der Waals surface area contributed by atoms with Gasteiger partial charge in [-0.15, -0.1) is 0 Å². The fourth-order valence-electron chi connectivity index (χ4n) is 5.82. The lowest BCUT2D eigenvalue weighted by molar-refractivity contribution is 0.0715. The number of carbonyl (C=O) groups is 1. The van der Waals surface area contributed by atoms with E-state index in [0.29, 0.717) is 11.8 Å². The van der Waals surface area contributed by atoms with Crippen molar-refractivity contribution < 1.29 is 4.79 Å². The van der Waals surface area contributed by atoms with Gasteiger partial charge in [-0.3, -0.25) is 9.89 Å². The van der Waals surface area contributed by atoms with Crippen molar-refractivity contribution >= 4 is 5.91 Å². The van der Waals surface area contributed by atoms with Gasteiger partial charge in [0.2, 0.25) is 0 Å². The van der Waals surface area contributed by atoms with Crippen LogP contribution in [0.4, 0.5) is 0 Å². The van der Waals surface area contributed by atoms with Crippen molar-refractivity contribution in [3.05, 3.63) is 17.0 Å². The van der Waals surface area contributed by atoms with E-state index in [0.717, 1.165) is 43.5 Å². The van der Waals surface area contributed by atoms with Crippen molar-refractivity contribution in [1.82, 2.24) is 15.1 Å². The number of likely N-dealkylation sites (tertiary alicyclic amines) is 1. The molecule has 4 aliphatic carbocycles. The van der Waals surface area contributed by atoms with Crippen LogP contribution in [0.5, 0.6) is 0 Å². The molecule has 1 amide bonds. The first-order valence-corrected chi connectivity index (χ1v) is 9.17. The highest BCUT2D eigenvalue weighted by Gasteiger charge is 2.45. The van der Waals surface area contributed by atoms with Crippen LogP contribution in [0.2, 0.25) is 0 Å². The van der Waals surface area contributed by atoms with Gasteiger partial charge in [-0.25, -0.2) is 0 Å². The number of rotatable bonds is 1. The summed E-state index contributed by atoms with van der Waals surface area (Å²) >= 11 is 0. The predicted octanol–water partition coefficient (Wildman–Crippen LogP) is 3.43. The Balaban J connectivity index is 1.53. The third kappa shape index (κ3) is 1.88. The molecule has 5 aliphatic rings. The average Bonchev–Trinajstić information content (AvgIpc) is 2.92. The molecule has 2 atom stereocenters. The number of aromatic amines is 1. The number of nitrogens with one attached hydrogen (secondary N) is 1. The van der Waals surface area contributed by atoms with Crippen molar-refractivity contribution in [2.24, 2.45) is 11.8 Å². The third-order valence-corrected chi connectivity index (χ3v) is 6.63. The van der Waals surface area contributed by atoms with E-state index in [1.165, 1.54) is 49.8 Å². The molecular formula is C18H25N3O. The van der Waals surface area contributed by atoms with Crippen molar-refractivity contribution in [3.63, 3.8) is 0 Å². The van der Waals surface area contributed by atoms with Crippen LogP contribution in [0, 0.1) is 11.8 Å². The Labute approximate surface area is 131 Å². The zero-order valence-electron chi connectivity index (χ0n) is 13.2. The smallest absolute Gasteiger partial charge is 0.274 e. The van der Waals surface area contributed by atoms with Crippen molar-refractivity contribution in [2.45, 2.75) is 63.2 Å². The van der Waals surface area contributed by atoms with Crippen LogP contribution in [0.3, 0.4) is 0 Å². The van der Waals surface area contributed by atoms with Crippen LogP contribution < -0.4 is 0 Å². The minimum absolute atomic E-state index is 0.193. The van der Waals surface area contributed by atoms with Gasteiger partial charge in [0.25, 0.3) is 5.91 Å². The molecule has 2 unspecified atom stereocenters. The maximum absolute atomic E-state index is 13.0. The monoisotopic (exact) mass is 299 g/mol. The van der Waals surface area contributed by atoms with E-state index in [1.54, 1.807) is 0 Å². The molecule has 2 saturated carbocycles. The number of hydrogen-bond acceptors (Lipinski definition) is 2. The molecule has 4 heteroatoms. The Morgan fingerprint density at radius 3 is 2.36 bits per heavy atom. The fourth-order valence-corrected chi connectivity index (χ4v) is 5.82. The van der Waals surface area contributed by atoms with E-state index in [-0.39, 0.29) is 5.91 Å². The summed E-state index contributed by atoms with van der Waals surface area (Å²) in [6.07, 6.45) is 10.2. The molecule has 3 fully saturated rings. The van der Waals surface area contributed by atoms with Crippen LogP contribution in [-0.2, 0) is 0 Å². The van der Waals surface area contributed by atoms with Gasteiger partial charge in [-0.2, -0.15) is 5.10 Å². The van der Waals surface area contributed by atoms with Crippen LogP contribution in [0.25, 0.3) is 0 Å². The topological polar surface area (TPSA) is 49.0 Å². The third-order valence-electron chi connectivity index (χ3n) is 6.63. The van der Waals surface area contributed by atoms with Crippen molar-refractivity contribution in [2.75, 3.05) is 13.1 Å². The molecule has 1 N–H and O–H groups in total. The Morgan fingerprint density at radius 2 is 1.64 bits per heavy atom. The highest BCUT2D eigenvalue weighted by Crippen LogP contribution is 2.56. The second-order valence-corrected chi connectivity index (χ2v) is 8.06. The van der Waals surface area contributed by atoms with Crippen LogP contribution in [0.1, 0.15) is 84.9 Å². The number of aromatic nitrogens is 2. The zero-order valence-corrected chi connectivity index (χ0v) is 13.2. The van der Waals surface area contributed by atoms with E-state index < -0.39 is 0 Å². The maximum atomic E-state index is 13.0. The van der Waals surface area contributed by atoms with Gasteiger partial charge in [0.15, 0.2) is 5.69 Å². The van der Waals surface area contributed by atoms with E-state index in [1.807, 2.05) is 4.90 Å². The highest BCUT2D eigenvalue weighted by molar-refractivity contribution is 5.94. The second kappa shape index (κ2) is 4.84. The summed E-state index contributed by atoms with van der Waals surface area (Å²) in [5, 5.41) is 7.82. The van der Waals surface area contributed by atoms with Gasteiger partial charge in [-0.05, 0) is 69.1 Å². The van der Waals surface area contributed by atoms with Gasteiger partial charge in [0, 0.05) is 30.3 Å². The average molecular weight is 299 g/mol. The maximum Gasteiger partial charge on any atom is 0.274 e. The van der Waals surface area contributed by atoms with Gasteiger partial charge in [0.1, 0.15) is 0 Å². The van der Waals surface area contributed by atoms with Crippen LogP contribution in [0.15, 0.2) is 0 Å². The molecule has 22 heavy (non-hydrogen) atoms. The lowest BCUT2D eigenvalue weighted by Crippen LogP contribution is -2.36. The van der Waals surface area contributed by atoms with Crippen molar-refractivity contribution in [3.8, 4) is 0 Å². The van der Waals surface area contributed by atoms with Gasteiger partial charge >= 0.3 is 0 Å². The molecule has 0 aromatic carbocycles. The Hall–Kier alpha value is -1.32. The van der Waals surface area contributed by atoms with E-state index in [9.17, 15) is 4.79 Å². The molecule has 2 heterocycles. The minimum Gasteiger partial charge on any atom is -0.337 e. The summed E-state index contributed by atoms with van der Waals surface area (Å²) < 4.78 is 0. The molecule has 1 aliphatic heterocycles. The van der Waals surface area contributed by atoms with E-state index in [4.69, 9.17) is 0 Å². The molecule has 4 bridgehead atoms. The lowest BCUT2D eigenvalue weighted by Gasteiger charge is -2.38. The molecule has 6 rings (SSSR count). The number of H-pyrrole nitrogens is 1. The summed E-state index contributed by atoms with van der Waals surface area (Å²) in [5.41, 5.74) is 3.43. The zero-order chi connectivity index (χ0) is 14.7. The van der Waals surface area contributed by atoms with Crippen LogP contribution in [-0.4, -0.2) is 34.1 Å². The van der Waals surface area contributed by atoms with E-state index >= 15 is 0 Å². The van der Waals surface area contributed by atoms with Crippen molar-refractivity contribution in [1.29, 1.82) is 0 Å². The normalized spacial score (nSPS) is 36.3. The number of nitrogens with zero attached hydrogens (tertiary/aromatic N) is 2. The number of piperidine rings is 1. The molecule has 0 radical (unpaired) electrons. The Morgan fingerprint density at radius 1 is 0.955 bits per heavy atom. The molecule has 1 aromatic heterocycles.